The topological polar surface area (TPSA) is 104 Å². The Bertz CT molecular complexity index is 1190. The van der Waals surface area contributed by atoms with E-state index in [1.54, 1.807) is 0 Å². The number of carbonyl (C=O) groups excluding carboxylic acids is 1. The zero-order chi connectivity index (χ0) is 26.2. The molecule has 11 heteroatoms. The second-order valence-corrected chi connectivity index (χ2v) is 12.0. The number of amides is 1. The zero-order valence-electron chi connectivity index (χ0n) is 20.3. The predicted octanol–water partition coefficient (Wildman–Crippen LogP) is 4.72. The molecule has 1 aliphatic rings. The number of hydrogen-bond acceptors (Lipinski definition) is 8. The maximum atomic E-state index is 12.6. The molecule has 2 heterocycles. The Balaban J connectivity index is 1.19. The number of thioether (sulfide) groups is 1. The normalized spacial score (nSPS) is 15.5. The molecule has 0 unspecified atom stereocenters. The molecule has 5 N–H and O–H groups in total. The first-order chi connectivity index (χ1) is 17.9. The third kappa shape index (κ3) is 8.58. The first-order valence-electron chi connectivity index (χ1n) is 12.1. The molecule has 198 valence electrons. The lowest BCUT2D eigenvalue weighted by atomic mass is 10.0. The van der Waals surface area contributed by atoms with E-state index in [2.05, 4.69) is 15.5 Å². The minimum atomic E-state index is -0.307. The third-order valence-electron chi connectivity index (χ3n) is 6.11. The molecule has 2 aromatic carbocycles. The van der Waals surface area contributed by atoms with Gasteiger partial charge in [-0.05, 0) is 42.7 Å². The van der Waals surface area contributed by atoms with Crippen LogP contribution in [0.4, 0.5) is 5.69 Å². The summed E-state index contributed by atoms with van der Waals surface area (Å²) in [4.78, 5) is 19.6. The van der Waals surface area contributed by atoms with Crippen molar-refractivity contribution in [3.8, 4) is 11.3 Å². The number of hydrogen-bond donors (Lipinski definition) is 4. The monoisotopic (exact) mass is 579 g/mol. The SMILES string of the molecule is N[C@@H](CO)CNc1cccc(-c2csc(SCC(=O)NC3CCN(Cc4ccc(Cl)c(Cl)c4)CC3)n2)c1. The van der Waals surface area contributed by atoms with Crippen LogP contribution >= 0.6 is 46.3 Å². The second kappa shape index (κ2) is 13.8. The van der Waals surface area contributed by atoms with Crippen LogP contribution in [0.15, 0.2) is 52.2 Å². The fraction of sp³-hybridized carbons (Fsp3) is 0.385. The van der Waals surface area contributed by atoms with Gasteiger partial charge in [0, 0.05) is 54.9 Å². The van der Waals surface area contributed by atoms with Gasteiger partial charge in [0.2, 0.25) is 5.91 Å². The first-order valence-corrected chi connectivity index (χ1v) is 14.8. The van der Waals surface area contributed by atoms with E-state index in [9.17, 15) is 4.79 Å². The van der Waals surface area contributed by atoms with Gasteiger partial charge < -0.3 is 21.5 Å². The molecular weight excluding hydrogens is 549 g/mol. The molecule has 7 nitrogen and oxygen atoms in total. The highest BCUT2D eigenvalue weighted by atomic mass is 35.5. The fourth-order valence-electron chi connectivity index (χ4n) is 4.09. The molecule has 1 atom stereocenters. The number of aliphatic hydroxyl groups excluding tert-OH is 1. The van der Waals surface area contributed by atoms with Crippen LogP contribution in [0.3, 0.4) is 0 Å². The van der Waals surface area contributed by atoms with Crippen molar-refractivity contribution in [1.29, 1.82) is 0 Å². The number of benzene rings is 2. The molecule has 0 radical (unpaired) electrons. The van der Waals surface area contributed by atoms with Crippen molar-refractivity contribution in [1.82, 2.24) is 15.2 Å². The number of likely N-dealkylation sites (tertiary alicyclic amines) is 1. The van der Waals surface area contributed by atoms with E-state index in [0.717, 1.165) is 59.3 Å². The van der Waals surface area contributed by atoms with E-state index in [1.807, 2.05) is 47.8 Å². The van der Waals surface area contributed by atoms with Crippen LogP contribution in [0.5, 0.6) is 0 Å². The van der Waals surface area contributed by atoms with Gasteiger partial charge in [-0.1, -0.05) is 53.2 Å². The number of nitrogens with one attached hydrogen (secondary N) is 2. The van der Waals surface area contributed by atoms with E-state index < -0.39 is 0 Å². The lowest BCUT2D eigenvalue weighted by Gasteiger charge is -2.32. The molecule has 37 heavy (non-hydrogen) atoms. The van der Waals surface area contributed by atoms with Crippen molar-refractivity contribution in [3.05, 3.63) is 63.5 Å². The molecule has 1 fully saturated rings. The average Bonchev–Trinajstić information content (AvgIpc) is 3.39. The molecule has 1 aromatic heterocycles. The molecule has 0 bridgehead atoms. The molecular formula is C26H31Cl2N5O2S2. The van der Waals surface area contributed by atoms with Crippen molar-refractivity contribution in [3.63, 3.8) is 0 Å². The van der Waals surface area contributed by atoms with E-state index in [1.165, 1.54) is 23.1 Å². The quantitative estimate of drug-likeness (QED) is 0.244. The predicted molar refractivity (Wildman–Crippen MR) is 155 cm³/mol. The molecule has 1 aliphatic heterocycles. The standard InChI is InChI=1S/C26H31Cl2N5O2S2/c27-22-5-4-17(10-23(22)28)13-33-8-6-20(7-9-33)31-25(35)16-37-26-32-24(15-36-26)18-2-1-3-21(11-18)30-12-19(29)14-34/h1-5,10-11,15,19-20,30,34H,6-9,12-14,16,29H2,(H,31,35)/t19-/m1/s1. The van der Waals surface area contributed by atoms with E-state index >= 15 is 0 Å². The van der Waals surface area contributed by atoms with Gasteiger partial charge in [0.25, 0.3) is 0 Å². The number of anilines is 1. The minimum Gasteiger partial charge on any atom is -0.395 e. The zero-order valence-corrected chi connectivity index (χ0v) is 23.5. The summed E-state index contributed by atoms with van der Waals surface area (Å²) >= 11 is 15.1. The summed E-state index contributed by atoms with van der Waals surface area (Å²) in [5.41, 5.74) is 9.69. The smallest absolute Gasteiger partial charge is 0.230 e. The molecule has 4 rings (SSSR count). The van der Waals surface area contributed by atoms with Crippen LogP contribution < -0.4 is 16.4 Å². The number of thiazole rings is 1. The van der Waals surface area contributed by atoms with Crippen molar-refractivity contribution in [2.75, 3.05) is 37.3 Å². The van der Waals surface area contributed by atoms with Gasteiger partial charge in [0.15, 0.2) is 4.34 Å². The molecule has 1 saturated heterocycles. The Morgan fingerprint density at radius 1 is 1.22 bits per heavy atom. The molecule has 3 aromatic rings. The summed E-state index contributed by atoms with van der Waals surface area (Å²) in [6.45, 7) is 3.10. The number of halogens is 2. The second-order valence-electron chi connectivity index (χ2n) is 9.06. The highest BCUT2D eigenvalue weighted by Crippen LogP contribution is 2.29. The lowest BCUT2D eigenvalue weighted by molar-refractivity contribution is -0.119. The highest BCUT2D eigenvalue weighted by molar-refractivity contribution is 8.01. The van der Waals surface area contributed by atoms with Gasteiger partial charge >= 0.3 is 0 Å². The maximum Gasteiger partial charge on any atom is 0.230 e. The van der Waals surface area contributed by atoms with Gasteiger partial charge in [-0.15, -0.1) is 11.3 Å². The molecule has 1 amide bonds. The van der Waals surface area contributed by atoms with Crippen molar-refractivity contribution in [2.45, 2.75) is 35.8 Å². The number of aromatic nitrogens is 1. The number of nitrogens with two attached hydrogens (primary N) is 1. The minimum absolute atomic E-state index is 0.0381. The van der Waals surface area contributed by atoms with Gasteiger partial charge in [-0.2, -0.15) is 0 Å². The highest BCUT2D eigenvalue weighted by Gasteiger charge is 2.21. The van der Waals surface area contributed by atoms with Gasteiger partial charge in [-0.25, -0.2) is 4.98 Å². The van der Waals surface area contributed by atoms with Gasteiger partial charge in [0.05, 0.1) is 28.1 Å². The molecule has 0 spiro atoms. The Hall–Kier alpha value is -1.85. The Morgan fingerprint density at radius 2 is 2.03 bits per heavy atom. The summed E-state index contributed by atoms with van der Waals surface area (Å²) < 4.78 is 0.863. The van der Waals surface area contributed by atoms with Crippen LogP contribution in [0.25, 0.3) is 11.3 Å². The third-order valence-corrected chi connectivity index (χ3v) is 8.87. The number of piperidine rings is 1. The number of rotatable bonds is 11. The fourth-order valence-corrected chi connectivity index (χ4v) is 6.05. The Kier molecular flexibility index (Phi) is 10.5. The summed E-state index contributed by atoms with van der Waals surface area (Å²) in [6, 6.07) is 13.6. The van der Waals surface area contributed by atoms with E-state index in [0.29, 0.717) is 22.3 Å². The van der Waals surface area contributed by atoms with Crippen molar-refractivity contribution >= 4 is 57.9 Å². The average molecular weight is 581 g/mol. The van der Waals surface area contributed by atoms with Crippen molar-refractivity contribution in [2.24, 2.45) is 5.73 Å². The number of carbonyl (C=O) groups is 1. The Labute approximate surface area is 235 Å². The van der Waals surface area contributed by atoms with Crippen LogP contribution in [0.1, 0.15) is 18.4 Å². The first kappa shape index (κ1) is 28.2. The van der Waals surface area contributed by atoms with Gasteiger partial charge in [0.1, 0.15) is 0 Å². The van der Waals surface area contributed by atoms with Crippen LogP contribution in [0, 0.1) is 0 Å². The number of nitrogens with zero attached hydrogens (tertiary/aromatic N) is 2. The van der Waals surface area contributed by atoms with Crippen molar-refractivity contribution < 1.29 is 9.90 Å². The van der Waals surface area contributed by atoms with Crippen LogP contribution in [0.2, 0.25) is 10.0 Å². The summed E-state index contributed by atoms with van der Waals surface area (Å²) in [7, 11) is 0. The molecule has 0 saturated carbocycles. The largest absolute Gasteiger partial charge is 0.395 e. The Morgan fingerprint density at radius 3 is 2.78 bits per heavy atom. The van der Waals surface area contributed by atoms with E-state index in [-0.39, 0.29) is 24.6 Å². The molecule has 0 aliphatic carbocycles. The van der Waals surface area contributed by atoms with E-state index in [4.69, 9.17) is 39.0 Å². The number of aliphatic hydroxyl groups is 1. The lowest BCUT2D eigenvalue weighted by Crippen LogP contribution is -2.44. The van der Waals surface area contributed by atoms with Gasteiger partial charge in [-0.3, -0.25) is 9.69 Å². The summed E-state index contributed by atoms with van der Waals surface area (Å²) in [6.07, 6.45) is 1.85. The van der Waals surface area contributed by atoms with Crippen LogP contribution in [-0.2, 0) is 11.3 Å². The summed E-state index contributed by atoms with van der Waals surface area (Å²) in [5, 5.41) is 18.7. The summed E-state index contributed by atoms with van der Waals surface area (Å²) in [5.74, 6) is 0.382. The van der Waals surface area contributed by atoms with Crippen LogP contribution in [-0.4, -0.2) is 65.0 Å². The maximum absolute atomic E-state index is 12.6.